The van der Waals surface area contributed by atoms with Gasteiger partial charge in [0.25, 0.3) is 5.91 Å². The van der Waals surface area contributed by atoms with E-state index in [0.717, 1.165) is 28.0 Å². The normalized spacial score (nSPS) is 13.4. The van der Waals surface area contributed by atoms with Crippen LogP contribution in [0.3, 0.4) is 0 Å². The summed E-state index contributed by atoms with van der Waals surface area (Å²) in [6, 6.07) is 13.0. The second kappa shape index (κ2) is 6.79. The second-order valence-corrected chi connectivity index (χ2v) is 6.49. The van der Waals surface area contributed by atoms with Crippen LogP contribution in [0, 0.1) is 6.92 Å². The molecule has 0 spiro atoms. The number of rotatable bonds is 4. The topological polar surface area (TPSA) is 69.7 Å². The first-order valence-electron chi connectivity index (χ1n) is 8.71. The molecule has 0 saturated heterocycles. The number of carbonyl (C=O) groups is 1. The minimum atomic E-state index is -0.182. The summed E-state index contributed by atoms with van der Waals surface area (Å²) in [4.78, 5) is 17.4. The molecule has 6 heteroatoms. The maximum Gasteiger partial charge on any atom is 0.253 e. The SMILES string of the molecule is COc1ccc2cc(C(=O)NC(C)c3ccc4c(c3)OCO4)c(C)nc2c1. The number of carbonyl (C=O) groups excluding carboxylic acids is 1. The maximum absolute atomic E-state index is 12.8. The molecule has 1 N–H and O–H groups in total. The first kappa shape index (κ1) is 17.1. The molecule has 3 aromatic rings. The first-order chi connectivity index (χ1) is 13.0. The van der Waals surface area contributed by atoms with Crippen molar-refractivity contribution in [1.82, 2.24) is 10.3 Å². The van der Waals surface area contributed by atoms with Gasteiger partial charge < -0.3 is 19.5 Å². The van der Waals surface area contributed by atoms with Crippen molar-refractivity contribution in [3.8, 4) is 17.2 Å². The predicted molar refractivity (Wildman–Crippen MR) is 101 cm³/mol. The monoisotopic (exact) mass is 364 g/mol. The van der Waals surface area contributed by atoms with Crippen molar-refractivity contribution < 1.29 is 19.0 Å². The molecule has 1 aromatic heterocycles. The Hall–Kier alpha value is -3.28. The molecular weight excluding hydrogens is 344 g/mol. The lowest BCUT2D eigenvalue weighted by Crippen LogP contribution is -2.27. The zero-order chi connectivity index (χ0) is 19.0. The number of fused-ring (bicyclic) bond motifs is 2. The van der Waals surface area contributed by atoms with Crippen LogP contribution < -0.4 is 19.5 Å². The van der Waals surface area contributed by atoms with Gasteiger partial charge in [-0.3, -0.25) is 9.78 Å². The Morgan fingerprint density at radius 2 is 1.96 bits per heavy atom. The van der Waals surface area contributed by atoms with E-state index in [9.17, 15) is 4.79 Å². The average molecular weight is 364 g/mol. The fourth-order valence-corrected chi connectivity index (χ4v) is 3.14. The van der Waals surface area contributed by atoms with E-state index in [1.54, 1.807) is 7.11 Å². The number of amides is 1. The molecule has 0 aliphatic carbocycles. The highest BCUT2D eigenvalue weighted by atomic mass is 16.7. The largest absolute Gasteiger partial charge is 0.497 e. The van der Waals surface area contributed by atoms with E-state index in [1.165, 1.54) is 0 Å². The lowest BCUT2D eigenvalue weighted by molar-refractivity contribution is 0.0939. The van der Waals surface area contributed by atoms with Crippen LogP contribution in [0.5, 0.6) is 17.2 Å². The summed E-state index contributed by atoms with van der Waals surface area (Å²) < 4.78 is 16.0. The van der Waals surface area contributed by atoms with Gasteiger partial charge in [-0.05, 0) is 49.7 Å². The molecule has 6 nitrogen and oxygen atoms in total. The summed E-state index contributed by atoms with van der Waals surface area (Å²) in [5.74, 6) is 2.00. The quantitative estimate of drug-likeness (QED) is 0.763. The molecule has 2 aromatic carbocycles. The van der Waals surface area contributed by atoms with Crippen molar-refractivity contribution in [2.45, 2.75) is 19.9 Å². The van der Waals surface area contributed by atoms with Gasteiger partial charge in [0, 0.05) is 11.5 Å². The minimum Gasteiger partial charge on any atom is -0.497 e. The standard InChI is InChI=1S/C21H20N2O4/c1-12(14-5-7-19-20(9-14)27-11-26-19)23-21(24)17-8-15-4-6-16(25-3)10-18(15)22-13(17)2/h4-10,12H,11H2,1-3H3,(H,23,24). The Balaban J connectivity index is 1.58. The molecule has 0 radical (unpaired) electrons. The number of methoxy groups -OCH3 is 1. The van der Waals surface area contributed by atoms with Gasteiger partial charge in [0.15, 0.2) is 11.5 Å². The summed E-state index contributed by atoms with van der Waals surface area (Å²) in [6.07, 6.45) is 0. The third-order valence-corrected chi connectivity index (χ3v) is 4.70. The second-order valence-electron chi connectivity index (χ2n) is 6.49. The van der Waals surface area contributed by atoms with Crippen LogP contribution in [0.1, 0.15) is 34.6 Å². The fraction of sp³-hybridized carbons (Fsp3) is 0.238. The van der Waals surface area contributed by atoms with Gasteiger partial charge >= 0.3 is 0 Å². The highest BCUT2D eigenvalue weighted by Crippen LogP contribution is 2.34. The fourth-order valence-electron chi connectivity index (χ4n) is 3.14. The zero-order valence-electron chi connectivity index (χ0n) is 15.4. The summed E-state index contributed by atoms with van der Waals surface area (Å²) >= 11 is 0. The van der Waals surface area contributed by atoms with Crippen molar-refractivity contribution in [2.24, 2.45) is 0 Å². The molecule has 138 valence electrons. The number of nitrogens with zero attached hydrogens (tertiary/aromatic N) is 1. The molecule has 4 rings (SSSR count). The number of pyridine rings is 1. The first-order valence-corrected chi connectivity index (χ1v) is 8.71. The van der Waals surface area contributed by atoms with Gasteiger partial charge in [0.1, 0.15) is 5.75 Å². The van der Waals surface area contributed by atoms with Gasteiger partial charge in [-0.25, -0.2) is 0 Å². The molecule has 27 heavy (non-hydrogen) atoms. The minimum absolute atomic E-state index is 0.164. The Bertz CT molecular complexity index is 1030. The third-order valence-electron chi connectivity index (χ3n) is 4.70. The summed E-state index contributed by atoms with van der Waals surface area (Å²) in [6.45, 7) is 4.00. The number of ether oxygens (including phenoxy) is 3. The molecule has 1 atom stereocenters. The average Bonchev–Trinajstić information content (AvgIpc) is 3.14. The van der Waals surface area contributed by atoms with Crippen LogP contribution >= 0.6 is 0 Å². The molecule has 1 unspecified atom stereocenters. The van der Waals surface area contributed by atoms with E-state index in [4.69, 9.17) is 14.2 Å². The molecule has 1 aliphatic rings. The summed E-state index contributed by atoms with van der Waals surface area (Å²) in [5.41, 5.74) is 2.97. The van der Waals surface area contributed by atoms with Crippen LogP contribution in [-0.2, 0) is 0 Å². The summed E-state index contributed by atoms with van der Waals surface area (Å²) in [7, 11) is 1.62. The lowest BCUT2D eigenvalue weighted by atomic mass is 10.1. The van der Waals surface area contributed by atoms with Gasteiger partial charge in [0.05, 0.1) is 29.9 Å². The number of benzene rings is 2. The van der Waals surface area contributed by atoms with Crippen molar-refractivity contribution in [3.05, 3.63) is 59.3 Å². The highest BCUT2D eigenvalue weighted by Gasteiger charge is 2.19. The Morgan fingerprint density at radius 3 is 2.78 bits per heavy atom. The number of nitrogens with one attached hydrogen (secondary N) is 1. The molecule has 1 aliphatic heterocycles. The number of aromatic nitrogens is 1. The van der Waals surface area contributed by atoms with Crippen LogP contribution in [-0.4, -0.2) is 24.8 Å². The Labute approximate surface area is 157 Å². The predicted octanol–water partition coefficient (Wildman–Crippen LogP) is 3.77. The maximum atomic E-state index is 12.8. The molecule has 0 saturated carbocycles. The van der Waals surface area contributed by atoms with E-state index < -0.39 is 0 Å². The van der Waals surface area contributed by atoms with Gasteiger partial charge in [-0.15, -0.1) is 0 Å². The van der Waals surface area contributed by atoms with Gasteiger partial charge in [0.2, 0.25) is 6.79 Å². The van der Waals surface area contributed by atoms with E-state index in [-0.39, 0.29) is 18.7 Å². The smallest absolute Gasteiger partial charge is 0.253 e. The van der Waals surface area contributed by atoms with Crippen LogP contribution in [0.25, 0.3) is 10.9 Å². The van der Waals surface area contributed by atoms with Crippen molar-refractivity contribution >= 4 is 16.8 Å². The van der Waals surface area contributed by atoms with E-state index in [1.807, 2.05) is 56.3 Å². The molecule has 0 fully saturated rings. The van der Waals surface area contributed by atoms with Crippen LogP contribution in [0.4, 0.5) is 0 Å². The molecular formula is C21H20N2O4. The van der Waals surface area contributed by atoms with Crippen molar-refractivity contribution in [1.29, 1.82) is 0 Å². The van der Waals surface area contributed by atoms with Crippen LogP contribution in [0.2, 0.25) is 0 Å². The van der Waals surface area contributed by atoms with Crippen molar-refractivity contribution in [3.63, 3.8) is 0 Å². The Kier molecular flexibility index (Phi) is 4.32. The Morgan fingerprint density at radius 1 is 1.15 bits per heavy atom. The van der Waals surface area contributed by atoms with E-state index in [0.29, 0.717) is 17.0 Å². The number of hydrogen-bond donors (Lipinski definition) is 1. The van der Waals surface area contributed by atoms with E-state index >= 15 is 0 Å². The molecule has 0 bridgehead atoms. The number of aryl methyl sites for hydroxylation is 1. The number of hydrogen-bond acceptors (Lipinski definition) is 5. The third kappa shape index (κ3) is 3.26. The zero-order valence-corrected chi connectivity index (χ0v) is 15.4. The highest BCUT2D eigenvalue weighted by molar-refractivity contribution is 5.99. The van der Waals surface area contributed by atoms with Crippen molar-refractivity contribution in [2.75, 3.05) is 13.9 Å². The molecule has 2 heterocycles. The lowest BCUT2D eigenvalue weighted by Gasteiger charge is -2.16. The van der Waals surface area contributed by atoms with Gasteiger partial charge in [-0.2, -0.15) is 0 Å². The van der Waals surface area contributed by atoms with E-state index in [2.05, 4.69) is 10.3 Å². The van der Waals surface area contributed by atoms with Crippen LogP contribution in [0.15, 0.2) is 42.5 Å². The summed E-state index contributed by atoms with van der Waals surface area (Å²) in [5, 5.41) is 3.92. The van der Waals surface area contributed by atoms with Gasteiger partial charge in [-0.1, -0.05) is 6.07 Å². The molecule has 1 amide bonds.